The van der Waals surface area contributed by atoms with E-state index in [1.165, 1.54) is 12.2 Å². The molecule has 0 aromatic heterocycles. The highest BCUT2D eigenvalue weighted by Crippen LogP contribution is 2.27. The Bertz CT molecular complexity index is 451. The van der Waals surface area contributed by atoms with Gasteiger partial charge in [0.25, 0.3) is 0 Å². The van der Waals surface area contributed by atoms with Crippen molar-refractivity contribution in [2.75, 3.05) is 7.11 Å². The molecule has 23 heavy (non-hydrogen) atoms. The van der Waals surface area contributed by atoms with Crippen molar-refractivity contribution < 1.29 is 50.1 Å². The molecule has 0 aromatic rings. The zero-order chi connectivity index (χ0) is 18.0. The SMILES string of the molecule is COC1C[C@H](NC(=O)C(F)(F)F)[C@@H](OC(=O)C(F)(F)F)[C@H](C)O1. The van der Waals surface area contributed by atoms with Gasteiger partial charge in [0.15, 0.2) is 6.29 Å². The molecule has 4 atom stereocenters. The third kappa shape index (κ3) is 5.23. The second kappa shape index (κ2) is 6.91. The topological polar surface area (TPSA) is 73.9 Å². The molecule has 6 nitrogen and oxygen atoms in total. The third-order valence-corrected chi connectivity index (χ3v) is 2.98. The number of methoxy groups -OCH3 is 1. The number of halogens is 6. The standard InChI is InChI=1S/C11H13F6NO5/c1-4-7(23-9(20)11(15,16)17)5(3-6(21-2)22-4)18-8(19)10(12,13)14/h4-7H,3H2,1-2H3,(H,18,19)/t4-,5-,6?,7-/m0/s1. The van der Waals surface area contributed by atoms with E-state index in [1.807, 2.05) is 0 Å². The normalized spacial score (nSPS) is 29.0. The van der Waals surface area contributed by atoms with Crippen LogP contribution in [0.1, 0.15) is 13.3 Å². The van der Waals surface area contributed by atoms with Gasteiger partial charge in [-0.2, -0.15) is 26.3 Å². The van der Waals surface area contributed by atoms with Crippen molar-refractivity contribution in [1.29, 1.82) is 0 Å². The maximum absolute atomic E-state index is 12.3. The molecular weight excluding hydrogens is 340 g/mol. The molecule has 1 rings (SSSR count). The predicted octanol–water partition coefficient (Wildman–Crippen LogP) is 1.29. The smallest absolute Gasteiger partial charge is 0.451 e. The molecule has 0 radical (unpaired) electrons. The molecule has 0 aromatic carbocycles. The number of hydrogen-bond acceptors (Lipinski definition) is 5. The summed E-state index contributed by atoms with van der Waals surface area (Å²) < 4.78 is 87.6. The van der Waals surface area contributed by atoms with Crippen molar-refractivity contribution in [1.82, 2.24) is 5.32 Å². The van der Waals surface area contributed by atoms with E-state index in [2.05, 4.69) is 4.74 Å². The minimum absolute atomic E-state index is 0.432. The van der Waals surface area contributed by atoms with Gasteiger partial charge in [-0.3, -0.25) is 4.79 Å². The summed E-state index contributed by atoms with van der Waals surface area (Å²) in [6.07, 6.45) is -15.1. The first-order chi connectivity index (χ1) is 10.4. The molecule has 1 amide bonds. The molecule has 134 valence electrons. The van der Waals surface area contributed by atoms with E-state index in [0.29, 0.717) is 0 Å². The molecule has 1 aliphatic heterocycles. The fourth-order valence-electron chi connectivity index (χ4n) is 1.95. The van der Waals surface area contributed by atoms with Gasteiger partial charge in [-0.15, -0.1) is 0 Å². The Hall–Kier alpha value is -1.56. The first-order valence-electron chi connectivity index (χ1n) is 6.20. The lowest BCUT2D eigenvalue weighted by Crippen LogP contribution is -2.59. The van der Waals surface area contributed by atoms with Crippen molar-refractivity contribution in [2.45, 2.75) is 50.2 Å². The molecule has 1 N–H and O–H groups in total. The van der Waals surface area contributed by atoms with Crippen LogP contribution in [0, 0.1) is 0 Å². The number of nitrogens with one attached hydrogen (secondary N) is 1. The van der Waals surface area contributed by atoms with Gasteiger partial charge in [0.05, 0.1) is 12.1 Å². The maximum atomic E-state index is 12.3. The summed E-state index contributed by atoms with van der Waals surface area (Å²) in [7, 11) is 1.15. The average Bonchev–Trinajstić information content (AvgIpc) is 2.39. The summed E-state index contributed by atoms with van der Waals surface area (Å²) in [4.78, 5) is 21.9. The van der Waals surface area contributed by atoms with E-state index in [9.17, 15) is 35.9 Å². The molecule has 0 saturated carbocycles. The minimum Gasteiger partial charge on any atom is -0.451 e. The number of esters is 1. The molecule has 12 heteroatoms. The Morgan fingerprint density at radius 1 is 1.13 bits per heavy atom. The first-order valence-corrected chi connectivity index (χ1v) is 6.20. The Labute approximate surface area is 126 Å². The number of carbonyl (C=O) groups excluding carboxylic acids is 2. The minimum atomic E-state index is -5.34. The number of ether oxygens (including phenoxy) is 3. The van der Waals surface area contributed by atoms with Gasteiger partial charge in [-0.25, -0.2) is 4.79 Å². The largest absolute Gasteiger partial charge is 0.490 e. The molecule has 1 saturated heterocycles. The Morgan fingerprint density at radius 3 is 2.13 bits per heavy atom. The molecule has 1 heterocycles. The van der Waals surface area contributed by atoms with Crippen LogP contribution in [0.3, 0.4) is 0 Å². The highest BCUT2D eigenvalue weighted by atomic mass is 19.4. The van der Waals surface area contributed by atoms with E-state index < -0.39 is 55.2 Å². The number of hydrogen-bond donors (Lipinski definition) is 1. The number of carbonyl (C=O) groups is 2. The van der Waals surface area contributed by atoms with E-state index >= 15 is 0 Å². The third-order valence-electron chi connectivity index (χ3n) is 2.98. The highest BCUT2D eigenvalue weighted by molar-refractivity contribution is 5.82. The van der Waals surface area contributed by atoms with Crippen LogP contribution in [0.4, 0.5) is 26.3 Å². The van der Waals surface area contributed by atoms with Gasteiger partial charge < -0.3 is 19.5 Å². The molecule has 0 bridgehead atoms. The van der Waals surface area contributed by atoms with Crippen LogP contribution in [-0.2, 0) is 23.8 Å². The monoisotopic (exact) mass is 353 g/mol. The van der Waals surface area contributed by atoms with Gasteiger partial charge in [-0.1, -0.05) is 0 Å². The lowest BCUT2D eigenvalue weighted by atomic mass is 9.99. The van der Waals surface area contributed by atoms with Crippen LogP contribution in [-0.4, -0.2) is 55.9 Å². The first kappa shape index (κ1) is 19.5. The van der Waals surface area contributed by atoms with E-state index in [0.717, 1.165) is 7.11 Å². The van der Waals surface area contributed by atoms with Gasteiger partial charge in [0, 0.05) is 13.5 Å². The lowest BCUT2D eigenvalue weighted by molar-refractivity contribution is -0.243. The van der Waals surface area contributed by atoms with Gasteiger partial charge in [-0.05, 0) is 6.92 Å². The number of rotatable bonds is 3. The second-order valence-corrected chi connectivity index (χ2v) is 4.69. The van der Waals surface area contributed by atoms with Crippen LogP contribution in [0.5, 0.6) is 0 Å². The molecular formula is C11H13F6NO5. The van der Waals surface area contributed by atoms with Crippen LogP contribution >= 0.6 is 0 Å². The zero-order valence-electron chi connectivity index (χ0n) is 11.8. The summed E-state index contributed by atoms with van der Waals surface area (Å²) in [5.41, 5.74) is 0. The van der Waals surface area contributed by atoms with E-state index in [4.69, 9.17) is 9.47 Å². The maximum Gasteiger partial charge on any atom is 0.490 e. The van der Waals surface area contributed by atoms with Crippen molar-refractivity contribution in [3.05, 3.63) is 0 Å². The van der Waals surface area contributed by atoms with Gasteiger partial charge in [0.2, 0.25) is 0 Å². The van der Waals surface area contributed by atoms with E-state index in [1.54, 1.807) is 0 Å². The predicted molar refractivity (Wildman–Crippen MR) is 59.9 cm³/mol. The molecule has 1 aliphatic rings. The molecule has 0 spiro atoms. The zero-order valence-corrected chi connectivity index (χ0v) is 11.8. The van der Waals surface area contributed by atoms with Crippen molar-refractivity contribution in [3.8, 4) is 0 Å². The van der Waals surface area contributed by atoms with E-state index in [-0.39, 0.29) is 0 Å². The van der Waals surface area contributed by atoms with Crippen LogP contribution in [0.2, 0.25) is 0 Å². The highest BCUT2D eigenvalue weighted by Gasteiger charge is 2.49. The number of alkyl halides is 6. The fourth-order valence-corrected chi connectivity index (χ4v) is 1.95. The average molecular weight is 353 g/mol. The molecule has 1 unspecified atom stereocenters. The van der Waals surface area contributed by atoms with Gasteiger partial charge in [0.1, 0.15) is 6.10 Å². The van der Waals surface area contributed by atoms with Crippen molar-refractivity contribution >= 4 is 11.9 Å². The Kier molecular flexibility index (Phi) is 5.85. The quantitative estimate of drug-likeness (QED) is 0.611. The fraction of sp³-hybridized carbons (Fsp3) is 0.818. The second-order valence-electron chi connectivity index (χ2n) is 4.69. The summed E-state index contributed by atoms with van der Waals surface area (Å²) in [6, 6.07) is -1.57. The number of amides is 1. The van der Waals surface area contributed by atoms with Gasteiger partial charge >= 0.3 is 24.2 Å². The summed E-state index contributed by atoms with van der Waals surface area (Å²) in [5, 5.41) is 1.49. The molecule has 1 fully saturated rings. The summed E-state index contributed by atoms with van der Waals surface area (Å²) in [5.74, 6) is -4.97. The Morgan fingerprint density at radius 2 is 1.70 bits per heavy atom. The Balaban J connectivity index is 2.93. The molecule has 0 aliphatic carbocycles. The summed E-state index contributed by atoms with van der Waals surface area (Å²) >= 11 is 0. The van der Waals surface area contributed by atoms with Crippen LogP contribution < -0.4 is 5.32 Å². The lowest BCUT2D eigenvalue weighted by Gasteiger charge is -2.39. The van der Waals surface area contributed by atoms with Crippen molar-refractivity contribution in [2.24, 2.45) is 0 Å². The van der Waals surface area contributed by atoms with Crippen molar-refractivity contribution in [3.63, 3.8) is 0 Å². The van der Waals surface area contributed by atoms with Crippen LogP contribution in [0.25, 0.3) is 0 Å². The summed E-state index contributed by atoms with van der Waals surface area (Å²) in [6.45, 7) is 1.17. The van der Waals surface area contributed by atoms with Crippen LogP contribution in [0.15, 0.2) is 0 Å².